The van der Waals surface area contributed by atoms with Gasteiger partial charge in [-0.1, -0.05) is 0 Å². The topological polar surface area (TPSA) is 225 Å². The Hall–Kier alpha value is -5.39. The number of nitro groups is 3. The Morgan fingerprint density at radius 3 is 2.21 bits per heavy atom. The molecule has 0 saturated carbocycles. The molecule has 0 aliphatic carbocycles. The van der Waals surface area contributed by atoms with Crippen LogP contribution in [0, 0.1) is 41.7 Å². The van der Waals surface area contributed by atoms with Crippen molar-refractivity contribution in [3.8, 4) is 6.07 Å². The lowest BCUT2D eigenvalue weighted by molar-refractivity contribution is -0.513. The normalized spacial score (nSPS) is 11.2. The molecule has 3 aromatic rings. The van der Waals surface area contributed by atoms with E-state index in [9.17, 15) is 39.9 Å². The van der Waals surface area contributed by atoms with Crippen LogP contribution in [-0.2, 0) is 9.59 Å². The van der Waals surface area contributed by atoms with Gasteiger partial charge in [-0.15, -0.1) is 0 Å². The van der Waals surface area contributed by atoms with Crippen molar-refractivity contribution < 1.29 is 24.4 Å². The highest BCUT2D eigenvalue weighted by Crippen LogP contribution is 2.24. The maximum Gasteiger partial charge on any atom is 0.322 e. The lowest BCUT2D eigenvalue weighted by atomic mass is 10.1. The van der Waals surface area contributed by atoms with Crippen molar-refractivity contribution in [2.24, 2.45) is 0 Å². The summed E-state index contributed by atoms with van der Waals surface area (Å²) >= 11 is 0. The third kappa shape index (κ3) is 4.54. The van der Waals surface area contributed by atoms with Crippen LogP contribution in [0.1, 0.15) is 17.3 Å². The molecule has 1 atom stereocenters. The van der Waals surface area contributed by atoms with E-state index in [1.165, 1.54) is 6.07 Å². The van der Waals surface area contributed by atoms with Crippen molar-refractivity contribution in [3.63, 3.8) is 0 Å². The summed E-state index contributed by atoms with van der Waals surface area (Å²) in [5, 5.41) is 44.4. The molecule has 3 rings (SSSR count). The van der Waals surface area contributed by atoms with Gasteiger partial charge in [-0.2, -0.15) is 5.26 Å². The maximum atomic E-state index is 12.5. The molecule has 1 amide bonds. The number of amides is 1. The van der Waals surface area contributed by atoms with Crippen LogP contribution in [0.2, 0.25) is 0 Å². The highest BCUT2D eigenvalue weighted by atomic mass is 16.6. The number of nitrogens with one attached hydrogen (secondary N) is 1. The van der Waals surface area contributed by atoms with Crippen molar-refractivity contribution in [2.45, 2.75) is 6.04 Å². The Kier molecular flexibility index (Phi) is 5.93. The van der Waals surface area contributed by atoms with E-state index in [0.717, 1.165) is 36.5 Å². The van der Waals surface area contributed by atoms with E-state index in [-0.39, 0.29) is 28.0 Å². The van der Waals surface area contributed by atoms with Crippen molar-refractivity contribution in [2.75, 3.05) is 5.32 Å². The second kappa shape index (κ2) is 8.77. The number of hydrogen-bond donors (Lipinski definition) is 1. The average Bonchev–Trinajstić information content (AvgIpc) is 2.78. The summed E-state index contributed by atoms with van der Waals surface area (Å²) in [4.78, 5) is 63.4. The predicted molar refractivity (Wildman–Crippen MR) is 107 cm³/mol. The number of hydrogen-bond acceptors (Lipinski definition) is 11. The molecule has 0 aliphatic heterocycles. The molecule has 164 valence electrons. The van der Waals surface area contributed by atoms with Gasteiger partial charge in [0.05, 0.1) is 38.3 Å². The zero-order valence-corrected chi connectivity index (χ0v) is 16.1. The van der Waals surface area contributed by atoms with E-state index < -0.39 is 43.9 Å². The Morgan fingerprint density at radius 1 is 0.970 bits per heavy atom. The van der Waals surface area contributed by atoms with E-state index in [4.69, 9.17) is 5.26 Å². The van der Waals surface area contributed by atoms with Gasteiger partial charge in [-0.05, 0) is 12.1 Å². The molecule has 0 radical (unpaired) electrons. The molecule has 0 aliphatic rings. The van der Waals surface area contributed by atoms with Crippen LogP contribution in [0.5, 0.6) is 0 Å². The number of Topliss-reactive ketones (excluding diaryl/α,β-unsaturated/α-hetero) is 1. The minimum atomic E-state index is -2.26. The van der Waals surface area contributed by atoms with Gasteiger partial charge < -0.3 is 5.32 Å². The van der Waals surface area contributed by atoms with Gasteiger partial charge in [0.15, 0.2) is 0 Å². The first kappa shape index (κ1) is 22.3. The van der Waals surface area contributed by atoms with Crippen molar-refractivity contribution in [1.29, 1.82) is 5.26 Å². The number of nitrogens with zero attached hydrogens (tertiary/aromatic N) is 6. The molecule has 0 spiro atoms. The second-order valence-electron chi connectivity index (χ2n) is 6.33. The van der Waals surface area contributed by atoms with Gasteiger partial charge in [0.2, 0.25) is 0 Å². The lowest BCUT2D eigenvalue weighted by Crippen LogP contribution is -2.33. The number of rotatable bonds is 7. The van der Waals surface area contributed by atoms with E-state index in [1.807, 2.05) is 5.32 Å². The number of anilines is 1. The summed E-state index contributed by atoms with van der Waals surface area (Å²) < 4.78 is 0. The van der Waals surface area contributed by atoms with Gasteiger partial charge in [0, 0.05) is 29.2 Å². The first-order valence-corrected chi connectivity index (χ1v) is 8.70. The van der Waals surface area contributed by atoms with Crippen LogP contribution in [0.4, 0.5) is 17.1 Å². The fraction of sp³-hybridized carbons (Fsp3) is 0.0556. The number of benzene rings is 2. The van der Waals surface area contributed by atoms with Crippen LogP contribution in [-0.4, -0.2) is 36.4 Å². The van der Waals surface area contributed by atoms with Gasteiger partial charge >= 0.3 is 6.04 Å². The summed E-state index contributed by atoms with van der Waals surface area (Å²) in [5.41, 5.74) is -1.77. The number of carbonyl (C=O) groups excluding carboxylic acids is 2. The van der Waals surface area contributed by atoms with Crippen LogP contribution in [0.15, 0.2) is 42.6 Å². The average molecular weight is 451 g/mol. The number of nitriles is 1. The van der Waals surface area contributed by atoms with Crippen molar-refractivity contribution in [3.05, 3.63) is 84.2 Å². The Balaban J connectivity index is 1.92. The van der Waals surface area contributed by atoms with Crippen LogP contribution < -0.4 is 5.32 Å². The van der Waals surface area contributed by atoms with E-state index >= 15 is 0 Å². The number of ketones is 1. The Bertz CT molecular complexity index is 1400. The monoisotopic (exact) mass is 451 g/mol. The largest absolute Gasteiger partial charge is 0.322 e. The fourth-order valence-corrected chi connectivity index (χ4v) is 2.75. The maximum absolute atomic E-state index is 12.5. The molecule has 0 saturated heterocycles. The standard InChI is InChI=1S/C18H9N7O8/c19-7-9-5-10(23(28)29)1-3-12(9)22-18(27)17(26)16(25(32)33)15-8-20-14-6-11(24(30)31)2-4-13(14)21-15/h1-6,8,16H,(H,22,27)/t16-/m1/s1. The van der Waals surface area contributed by atoms with Crippen molar-refractivity contribution in [1.82, 2.24) is 9.97 Å². The number of carbonyl (C=O) groups is 2. The number of fused-ring (bicyclic) bond motifs is 1. The minimum Gasteiger partial charge on any atom is -0.318 e. The molecule has 1 N–H and O–H groups in total. The molecule has 2 aromatic carbocycles. The first-order chi connectivity index (χ1) is 15.6. The molecule has 0 unspecified atom stereocenters. The molecular formula is C18H9N7O8. The lowest BCUT2D eigenvalue weighted by Gasteiger charge is -2.10. The van der Waals surface area contributed by atoms with Crippen molar-refractivity contribution >= 4 is 39.8 Å². The van der Waals surface area contributed by atoms with Gasteiger partial charge in [0.25, 0.3) is 23.1 Å². The van der Waals surface area contributed by atoms with E-state index in [0.29, 0.717) is 0 Å². The van der Waals surface area contributed by atoms with E-state index in [1.54, 1.807) is 6.07 Å². The molecular weight excluding hydrogens is 442 g/mol. The third-order valence-electron chi connectivity index (χ3n) is 4.30. The quantitative estimate of drug-likeness (QED) is 0.309. The third-order valence-corrected chi connectivity index (χ3v) is 4.30. The number of nitro benzene ring substituents is 2. The summed E-state index contributed by atoms with van der Waals surface area (Å²) in [6.45, 7) is 0. The highest BCUT2D eigenvalue weighted by molar-refractivity contribution is 6.42. The first-order valence-electron chi connectivity index (χ1n) is 8.70. The summed E-state index contributed by atoms with van der Waals surface area (Å²) in [6, 6.07) is 5.55. The molecule has 33 heavy (non-hydrogen) atoms. The predicted octanol–water partition coefficient (Wildman–Crippen LogP) is 1.84. The fourth-order valence-electron chi connectivity index (χ4n) is 2.75. The molecule has 15 nitrogen and oxygen atoms in total. The SMILES string of the molecule is N#Cc1cc([N+](=O)[O-])ccc1NC(=O)C(=O)[C@@H](c1cnc2cc([N+](=O)[O-])ccc2n1)[N+](=O)[O-]. The number of aromatic nitrogens is 2. The Morgan fingerprint density at radius 2 is 1.61 bits per heavy atom. The molecule has 15 heteroatoms. The molecule has 1 aromatic heterocycles. The van der Waals surface area contributed by atoms with E-state index in [2.05, 4.69) is 9.97 Å². The smallest absolute Gasteiger partial charge is 0.318 e. The summed E-state index contributed by atoms with van der Waals surface area (Å²) in [6.07, 6.45) is 0.845. The van der Waals surface area contributed by atoms with Gasteiger partial charge in [-0.25, -0.2) is 4.98 Å². The summed E-state index contributed by atoms with van der Waals surface area (Å²) in [5.74, 6) is -3.01. The molecule has 0 bridgehead atoms. The zero-order chi connectivity index (χ0) is 24.3. The van der Waals surface area contributed by atoms with Crippen LogP contribution in [0.25, 0.3) is 11.0 Å². The van der Waals surface area contributed by atoms with Gasteiger partial charge in [-0.3, -0.25) is 44.9 Å². The van der Waals surface area contributed by atoms with Crippen LogP contribution >= 0.6 is 0 Å². The number of non-ortho nitro benzene ring substituents is 2. The second-order valence-corrected chi connectivity index (χ2v) is 6.33. The van der Waals surface area contributed by atoms with Gasteiger partial charge in [0.1, 0.15) is 11.8 Å². The molecule has 0 fully saturated rings. The Labute approximate surface area is 181 Å². The zero-order valence-electron chi connectivity index (χ0n) is 16.1. The minimum absolute atomic E-state index is 0.0142. The summed E-state index contributed by atoms with van der Waals surface area (Å²) in [7, 11) is 0. The van der Waals surface area contributed by atoms with Crippen LogP contribution in [0.3, 0.4) is 0 Å². The molecule has 1 heterocycles. The highest BCUT2D eigenvalue weighted by Gasteiger charge is 2.39.